The summed E-state index contributed by atoms with van der Waals surface area (Å²) in [6.07, 6.45) is -0.0444. The molecule has 20 heavy (non-hydrogen) atoms. The first kappa shape index (κ1) is 13.0. The number of hydrogen-bond acceptors (Lipinski definition) is 3. The van der Waals surface area contributed by atoms with E-state index >= 15 is 0 Å². The predicted octanol–water partition coefficient (Wildman–Crippen LogP) is 1.71. The van der Waals surface area contributed by atoms with Crippen molar-refractivity contribution in [2.45, 2.75) is 19.1 Å². The Hall–Kier alpha value is -1.98. The second kappa shape index (κ2) is 5.56. The molecule has 1 N–H and O–H groups in total. The van der Waals surface area contributed by atoms with Gasteiger partial charge in [0.25, 0.3) is 0 Å². The number of ether oxygens (including phenoxy) is 2. The summed E-state index contributed by atoms with van der Waals surface area (Å²) in [5.41, 5.74) is 0.870. The van der Waals surface area contributed by atoms with Crippen LogP contribution in [-0.4, -0.2) is 43.4 Å². The first-order valence-electron chi connectivity index (χ1n) is 6.78. The molecule has 2 aliphatic rings. The number of benzene rings is 1. The second-order valence-corrected chi connectivity index (χ2v) is 4.96. The quantitative estimate of drug-likeness (QED) is 0.897. The molecule has 0 bridgehead atoms. The molecule has 0 unspecified atom stereocenters. The highest BCUT2D eigenvalue weighted by molar-refractivity contribution is 5.75. The number of para-hydroxylation sites is 1. The Morgan fingerprint density at radius 3 is 2.95 bits per heavy atom. The maximum Gasteiger partial charge on any atom is 0.317 e. The number of alkyl halides is 1. The van der Waals surface area contributed by atoms with Crippen LogP contribution < -0.4 is 14.8 Å². The lowest BCUT2D eigenvalue weighted by Gasteiger charge is -2.34. The number of fused-ring (bicyclic) bond motifs is 1. The molecule has 2 heterocycles. The van der Waals surface area contributed by atoms with E-state index in [0.717, 1.165) is 12.0 Å². The average Bonchev–Trinajstić information content (AvgIpc) is 2.66. The van der Waals surface area contributed by atoms with Gasteiger partial charge in [-0.05, 0) is 6.07 Å². The Labute approximate surface area is 116 Å². The van der Waals surface area contributed by atoms with Crippen LogP contribution in [0, 0.1) is 0 Å². The van der Waals surface area contributed by atoms with Gasteiger partial charge in [-0.15, -0.1) is 0 Å². The van der Waals surface area contributed by atoms with Gasteiger partial charge in [0.1, 0.15) is 6.17 Å². The van der Waals surface area contributed by atoms with E-state index < -0.39 is 6.17 Å². The number of halogens is 1. The van der Waals surface area contributed by atoms with E-state index in [1.54, 1.807) is 0 Å². The summed E-state index contributed by atoms with van der Waals surface area (Å²) < 4.78 is 24.0. The van der Waals surface area contributed by atoms with Gasteiger partial charge in [0.15, 0.2) is 11.5 Å². The molecule has 0 atom stereocenters. The zero-order valence-electron chi connectivity index (χ0n) is 11.1. The molecule has 1 saturated heterocycles. The van der Waals surface area contributed by atoms with Gasteiger partial charge in [-0.1, -0.05) is 12.1 Å². The first-order valence-corrected chi connectivity index (χ1v) is 6.78. The second-order valence-electron chi connectivity index (χ2n) is 4.96. The minimum atomic E-state index is -0.884. The molecule has 1 fully saturated rings. The lowest BCUT2D eigenvalue weighted by atomic mass is 10.1. The highest BCUT2D eigenvalue weighted by Crippen LogP contribution is 2.33. The van der Waals surface area contributed by atoms with Gasteiger partial charge < -0.3 is 19.7 Å². The standard InChI is InChI=1S/C14H17FN2O3/c15-11-8-17(9-11)14(18)16-7-10-3-1-4-12-13(10)20-6-2-5-19-12/h1,3-4,11H,2,5-9H2,(H,16,18). The number of nitrogens with zero attached hydrogens (tertiary/aromatic N) is 1. The van der Waals surface area contributed by atoms with Gasteiger partial charge in [-0.25, -0.2) is 9.18 Å². The number of hydrogen-bond donors (Lipinski definition) is 1. The van der Waals surface area contributed by atoms with Gasteiger partial charge >= 0.3 is 6.03 Å². The molecular weight excluding hydrogens is 263 g/mol. The number of urea groups is 1. The van der Waals surface area contributed by atoms with Crippen molar-refractivity contribution in [3.05, 3.63) is 23.8 Å². The van der Waals surface area contributed by atoms with Crippen molar-refractivity contribution in [1.29, 1.82) is 0 Å². The van der Waals surface area contributed by atoms with Gasteiger partial charge in [-0.3, -0.25) is 0 Å². The third-order valence-electron chi connectivity index (χ3n) is 3.41. The zero-order valence-corrected chi connectivity index (χ0v) is 11.1. The van der Waals surface area contributed by atoms with E-state index in [0.29, 0.717) is 31.3 Å². The lowest BCUT2D eigenvalue weighted by molar-refractivity contribution is 0.0896. The Kier molecular flexibility index (Phi) is 3.62. The number of likely N-dealkylation sites (tertiary alicyclic amines) is 1. The van der Waals surface area contributed by atoms with Crippen molar-refractivity contribution >= 4 is 6.03 Å². The van der Waals surface area contributed by atoms with E-state index in [2.05, 4.69) is 5.32 Å². The maximum absolute atomic E-state index is 12.7. The monoisotopic (exact) mass is 280 g/mol. The summed E-state index contributed by atoms with van der Waals surface area (Å²) >= 11 is 0. The van der Waals surface area contributed by atoms with Crippen molar-refractivity contribution in [1.82, 2.24) is 10.2 Å². The molecule has 5 nitrogen and oxygen atoms in total. The first-order chi connectivity index (χ1) is 9.74. The molecule has 2 amide bonds. The van der Waals surface area contributed by atoms with Gasteiger partial charge in [-0.2, -0.15) is 0 Å². The van der Waals surface area contributed by atoms with Crippen LogP contribution in [0.15, 0.2) is 18.2 Å². The Morgan fingerprint density at radius 2 is 2.15 bits per heavy atom. The van der Waals surface area contributed by atoms with Crippen LogP contribution in [0.2, 0.25) is 0 Å². The molecular formula is C14H17FN2O3. The summed E-state index contributed by atoms with van der Waals surface area (Å²) in [6.45, 7) is 1.94. The molecule has 1 aromatic carbocycles. The van der Waals surface area contributed by atoms with Crippen LogP contribution in [0.1, 0.15) is 12.0 Å². The van der Waals surface area contributed by atoms with Crippen molar-refractivity contribution in [2.75, 3.05) is 26.3 Å². The van der Waals surface area contributed by atoms with E-state index in [9.17, 15) is 9.18 Å². The topological polar surface area (TPSA) is 50.8 Å². The number of carbonyl (C=O) groups excluding carboxylic acids is 1. The highest BCUT2D eigenvalue weighted by Gasteiger charge is 2.30. The summed E-state index contributed by atoms with van der Waals surface area (Å²) in [4.78, 5) is 13.2. The van der Waals surface area contributed by atoms with Crippen LogP contribution in [0.3, 0.4) is 0 Å². The molecule has 0 aromatic heterocycles. The molecule has 0 aliphatic carbocycles. The summed E-state index contributed by atoms with van der Waals surface area (Å²) in [6, 6.07) is 5.37. The predicted molar refractivity (Wildman–Crippen MR) is 70.8 cm³/mol. The Balaban J connectivity index is 1.64. The van der Waals surface area contributed by atoms with Crippen molar-refractivity contribution < 1.29 is 18.7 Å². The number of carbonyl (C=O) groups is 1. The van der Waals surface area contributed by atoms with E-state index in [1.807, 2.05) is 18.2 Å². The van der Waals surface area contributed by atoms with Gasteiger partial charge in [0, 0.05) is 18.5 Å². The smallest absolute Gasteiger partial charge is 0.317 e. The summed E-state index contributed by atoms with van der Waals surface area (Å²) in [5, 5.41) is 2.78. The van der Waals surface area contributed by atoms with Crippen LogP contribution >= 0.6 is 0 Å². The Bertz CT molecular complexity index is 503. The fraction of sp³-hybridized carbons (Fsp3) is 0.500. The van der Waals surface area contributed by atoms with E-state index in [4.69, 9.17) is 9.47 Å². The highest BCUT2D eigenvalue weighted by atomic mass is 19.1. The minimum absolute atomic E-state index is 0.179. The molecule has 0 saturated carbocycles. The normalized spacial score (nSPS) is 18.1. The van der Waals surface area contributed by atoms with Crippen molar-refractivity contribution in [3.8, 4) is 11.5 Å². The lowest BCUT2D eigenvalue weighted by Crippen LogP contribution is -2.54. The molecule has 6 heteroatoms. The SMILES string of the molecule is O=C(NCc1cccc2c1OCCCO2)N1CC(F)C1. The largest absolute Gasteiger partial charge is 0.490 e. The van der Waals surface area contributed by atoms with Gasteiger partial charge in [0.2, 0.25) is 0 Å². The van der Waals surface area contributed by atoms with Crippen molar-refractivity contribution in [3.63, 3.8) is 0 Å². The average molecular weight is 280 g/mol. The third kappa shape index (κ3) is 2.64. The number of amides is 2. The van der Waals surface area contributed by atoms with Gasteiger partial charge in [0.05, 0.1) is 26.3 Å². The number of rotatable bonds is 2. The zero-order chi connectivity index (χ0) is 13.9. The molecule has 3 rings (SSSR count). The molecule has 0 spiro atoms. The fourth-order valence-corrected chi connectivity index (χ4v) is 2.27. The molecule has 108 valence electrons. The molecule has 1 aromatic rings. The van der Waals surface area contributed by atoms with Crippen LogP contribution in [0.5, 0.6) is 11.5 Å². The maximum atomic E-state index is 12.7. The van der Waals surface area contributed by atoms with E-state index in [-0.39, 0.29) is 19.1 Å². The van der Waals surface area contributed by atoms with Crippen LogP contribution in [0.25, 0.3) is 0 Å². The third-order valence-corrected chi connectivity index (χ3v) is 3.41. The summed E-state index contributed by atoms with van der Waals surface area (Å²) in [5.74, 6) is 1.40. The molecule has 2 aliphatic heterocycles. The van der Waals surface area contributed by atoms with Crippen LogP contribution in [0.4, 0.5) is 9.18 Å². The molecule has 0 radical (unpaired) electrons. The minimum Gasteiger partial charge on any atom is -0.490 e. The van der Waals surface area contributed by atoms with E-state index in [1.165, 1.54) is 4.90 Å². The Morgan fingerprint density at radius 1 is 1.35 bits per heavy atom. The number of nitrogens with one attached hydrogen (secondary N) is 1. The summed E-state index contributed by atoms with van der Waals surface area (Å²) in [7, 11) is 0. The fourth-order valence-electron chi connectivity index (χ4n) is 2.27. The van der Waals surface area contributed by atoms with Crippen LogP contribution in [-0.2, 0) is 6.54 Å². The van der Waals surface area contributed by atoms with Crippen molar-refractivity contribution in [2.24, 2.45) is 0 Å².